The number of hydrogen-bond donors (Lipinski definition) is 2. The molecule has 1 amide bonds. The van der Waals surface area contributed by atoms with Crippen LogP contribution in [0.1, 0.15) is 31.2 Å². The summed E-state index contributed by atoms with van der Waals surface area (Å²) in [5.74, 6) is 0.0584. The van der Waals surface area contributed by atoms with Crippen molar-refractivity contribution in [1.82, 2.24) is 10.6 Å². The van der Waals surface area contributed by atoms with E-state index in [1.54, 1.807) is 0 Å². The quantitative estimate of drug-likeness (QED) is 0.881. The van der Waals surface area contributed by atoms with E-state index in [9.17, 15) is 4.79 Å². The van der Waals surface area contributed by atoms with Crippen LogP contribution in [0, 0.1) is 0 Å². The highest BCUT2D eigenvalue weighted by Crippen LogP contribution is 2.15. The maximum absolute atomic E-state index is 12.1. The second-order valence-electron chi connectivity index (χ2n) is 4.68. The molecule has 1 aliphatic rings. The normalized spacial score (nSPS) is 20.6. The summed E-state index contributed by atoms with van der Waals surface area (Å²) in [4.78, 5) is 12.1. The van der Waals surface area contributed by atoms with Gasteiger partial charge in [-0.3, -0.25) is 4.79 Å². The van der Waals surface area contributed by atoms with Crippen LogP contribution in [0.2, 0.25) is 0 Å². The van der Waals surface area contributed by atoms with Crippen LogP contribution in [-0.4, -0.2) is 25.0 Å². The Bertz CT molecular complexity index is 363. The second-order valence-corrected chi connectivity index (χ2v) is 4.68. The fraction of sp³-hybridized carbons (Fsp3) is 0.500. The SMILES string of the molecule is CC(C(=O)N[C@@H]1CCCNC1)c1ccccc1.Cl. The summed E-state index contributed by atoms with van der Waals surface area (Å²) in [6.07, 6.45) is 2.23. The first-order chi connectivity index (χ1) is 8.27. The van der Waals surface area contributed by atoms with Gasteiger partial charge in [-0.05, 0) is 31.9 Å². The molecule has 1 heterocycles. The van der Waals surface area contributed by atoms with Gasteiger partial charge in [-0.25, -0.2) is 0 Å². The zero-order valence-electron chi connectivity index (χ0n) is 10.7. The van der Waals surface area contributed by atoms with Gasteiger partial charge < -0.3 is 10.6 Å². The van der Waals surface area contributed by atoms with E-state index in [1.165, 1.54) is 0 Å². The van der Waals surface area contributed by atoms with Crippen molar-refractivity contribution < 1.29 is 4.79 Å². The standard InChI is InChI=1S/C14H20N2O.ClH/c1-11(12-6-3-2-4-7-12)14(17)16-13-8-5-9-15-10-13;/h2-4,6-7,11,13,15H,5,8-10H2,1H3,(H,16,17);1H/t11?,13-;/m1./s1. The molecule has 0 saturated carbocycles. The summed E-state index contributed by atoms with van der Waals surface area (Å²) in [6.45, 7) is 3.93. The molecule has 0 bridgehead atoms. The highest BCUT2D eigenvalue weighted by Gasteiger charge is 2.20. The third kappa shape index (κ3) is 4.00. The summed E-state index contributed by atoms with van der Waals surface area (Å²) < 4.78 is 0. The van der Waals surface area contributed by atoms with Crippen LogP contribution in [0.25, 0.3) is 0 Å². The van der Waals surface area contributed by atoms with E-state index >= 15 is 0 Å². The molecule has 18 heavy (non-hydrogen) atoms. The van der Waals surface area contributed by atoms with E-state index in [4.69, 9.17) is 0 Å². The van der Waals surface area contributed by atoms with Crippen molar-refractivity contribution in [3.63, 3.8) is 0 Å². The van der Waals surface area contributed by atoms with Crippen molar-refractivity contribution in [3.8, 4) is 0 Å². The van der Waals surface area contributed by atoms with Crippen LogP contribution in [0.15, 0.2) is 30.3 Å². The molecule has 1 aliphatic heterocycles. The minimum Gasteiger partial charge on any atom is -0.352 e. The predicted molar refractivity (Wildman–Crippen MR) is 76.1 cm³/mol. The van der Waals surface area contributed by atoms with E-state index in [-0.39, 0.29) is 24.2 Å². The first kappa shape index (κ1) is 15.0. The van der Waals surface area contributed by atoms with Crippen molar-refractivity contribution in [2.45, 2.75) is 31.7 Å². The molecule has 3 nitrogen and oxygen atoms in total. The zero-order valence-corrected chi connectivity index (χ0v) is 11.5. The van der Waals surface area contributed by atoms with Gasteiger partial charge in [0.2, 0.25) is 5.91 Å². The van der Waals surface area contributed by atoms with Crippen molar-refractivity contribution in [2.75, 3.05) is 13.1 Å². The minimum atomic E-state index is -0.0712. The fourth-order valence-corrected chi connectivity index (χ4v) is 2.19. The van der Waals surface area contributed by atoms with Crippen LogP contribution in [0.5, 0.6) is 0 Å². The smallest absolute Gasteiger partial charge is 0.227 e. The Morgan fingerprint density at radius 3 is 2.72 bits per heavy atom. The fourth-order valence-electron chi connectivity index (χ4n) is 2.19. The van der Waals surface area contributed by atoms with Gasteiger partial charge in [0.05, 0.1) is 5.92 Å². The van der Waals surface area contributed by atoms with Gasteiger partial charge in [0.15, 0.2) is 0 Å². The number of halogens is 1. The van der Waals surface area contributed by atoms with Crippen LogP contribution >= 0.6 is 12.4 Å². The van der Waals surface area contributed by atoms with Crippen molar-refractivity contribution >= 4 is 18.3 Å². The van der Waals surface area contributed by atoms with Gasteiger partial charge in [-0.2, -0.15) is 0 Å². The van der Waals surface area contributed by atoms with Gasteiger partial charge in [-0.1, -0.05) is 30.3 Å². The Hall–Kier alpha value is -1.06. The molecular formula is C14H21ClN2O. The molecule has 1 saturated heterocycles. The lowest BCUT2D eigenvalue weighted by Crippen LogP contribution is -2.46. The van der Waals surface area contributed by atoms with Gasteiger partial charge in [0, 0.05) is 12.6 Å². The second kappa shape index (κ2) is 7.39. The van der Waals surface area contributed by atoms with E-state index in [2.05, 4.69) is 10.6 Å². The minimum absolute atomic E-state index is 0. The molecule has 1 aromatic carbocycles. The number of rotatable bonds is 3. The lowest BCUT2D eigenvalue weighted by molar-refractivity contribution is -0.123. The molecule has 0 aromatic heterocycles. The Labute approximate surface area is 115 Å². The highest BCUT2D eigenvalue weighted by molar-refractivity contribution is 5.85. The molecule has 0 radical (unpaired) electrons. The summed E-state index contributed by atoms with van der Waals surface area (Å²) in [6, 6.07) is 10.2. The largest absolute Gasteiger partial charge is 0.352 e. The van der Waals surface area contributed by atoms with Crippen molar-refractivity contribution in [1.29, 1.82) is 0 Å². The summed E-state index contributed by atoms with van der Waals surface area (Å²) in [5, 5.41) is 6.42. The van der Waals surface area contributed by atoms with Crippen molar-refractivity contribution in [3.05, 3.63) is 35.9 Å². The van der Waals surface area contributed by atoms with E-state index in [1.807, 2.05) is 37.3 Å². The molecule has 2 rings (SSSR count). The molecule has 1 fully saturated rings. The molecule has 2 atom stereocenters. The molecule has 1 unspecified atom stereocenters. The van der Waals surface area contributed by atoms with Crippen LogP contribution in [-0.2, 0) is 4.79 Å². The van der Waals surface area contributed by atoms with E-state index in [0.29, 0.717) is 6.04 Å². The van der Waals surface area contributed by atoms with Gasteiger partial charge in [0.1, 0.15) is 0 Å². The number of benzene rings is 1. The lowest BCUT2D eigenvalue weighted by atomic mass is 9.99. The average Bonchev–Trinajstić information content (AvgIpc) is 2.40. The number of carbonyl (C=O) groups is 1. The number of carbonyl (C=O) groups excluding carboxylic acids is 1. The summed E-state index contributed by atoms with van der Waals surface area (Å²) in [7, 11) is 0. The molecule has 100 valence electrons. The lowest BCUT2D eigenvalue weighted by Gasteiger charge is -2.25. The predicted octanol–water partition coefficient (Wildman–Crippen LogP) is 2.08. The van der Waals surface area contributed by atoms with Crippen molar-refractivity contribution in [2.24, 2.45) is 0 Å². The van der Waals surface area contributed by atoms with Gasteiger partial charge in [0.25, 0.3) is 0 Å². The number of hydrogen-bond acceptors (Lipinski definition) is 2. The topological polar surface area (TPSA) is 41.1 Å². The zero-order chi connectivity index (χ0) is 12.1. The Morgan fingerprint density at radius 1 is 1.39 bits per heavy atom. The molecule has 4 heteroatoms. The number of piperidine rings is 1. The van der Waals surface area contributed by atoms with E-state index in [0.717, 1.165) is 31.5 Å². The van der Waals surface area contributed by atoms with Gasteiger partial charge in [-0.15, -0.1) is 12.4 Å². The van der Waals surface area contributed by atoms with Gasteiger partial charge >= 0.3 is 0 Å². The van der Waals surface area contributed by atoms with Crippen LogP contribution < -0.4 is 10.6 Å². The Kier molecular flexibility index (Phi) is 6.16. The number of nitrogens with one attached hydrogen (secondary N) is 2. The first-order valence-corrected chi connectivity index (χ1v) is 6.33. The highest BCUT2D eigenvalue weighted by atomic mass is 35.5. The van der Waals surface area contributed by atoms with Crippen LogP contribution in [0.4, 0.5) is 0 Å². The molecular weight excluding hydrogens is 248 g/mol. The maximum Gasteiger partial charge on any atom is 0.227 e. The third-order valence-electron chi connectivity index (χ3n) is 3.34. The molecule has 0 aliphatic carbocycles. The summed E-state index contributed by atoms with van der Waals surface area (Å²) in [5.41, 5.74) is 1.08. The van der Waals surface area contributed by atoms with Crippen LogP contribution in [0.3, 0.4) is 0 Å². The third-order valence-corrected chi connectivity index (χ3v) is 3.34. The number of amides is 1. The maximum atomic E-state index is 12.1. The molecule has 1 aromatic rings. The molecule has 0 spiro atoms. The Morgan fingerprint density at radius 2 is 2.11 bits per heavy atom. The molecule has 2 N–H and O–H groups in total. The Balaban J connectivity index is 0.00000162. The first-order valence-electron chi connectivity index (χ1n) is 6.33. The van der Waals surface area contributed by atoms with E-state index < -0.39 is 0 Å². The monoisotopic (exact) mass is 268 g/mol. The average molecular weight is 269 g/mol. The summed E-state index contributed by atoms with van der Waals surface area (Å²) >= 11 is 0.